The minimum atomic E-state index is -1.53. The van der Waals surface area contributed by atoms with Crippen molar-refractivity contribution in [2.45, 2.75) is 103 Å². The number of carbonyl (C=O) groups is 5. The van der Waals surface area contributed by atoms with Crippen LogP contribution in [-0.2, 0) is 23.9 Å². The molecule has 0 radical (unpaired) electrons. The number of anilines is 1. The Morgan fingerprint density at radius 3 is 2.42 bits per heavy atom. The molecule has 3 heterocycles. The predicted molar refractivity (Wildman–Crippen MR) is 205 cm³/mol. The van der Waals surface area contributed by atoms with Crippen molar-refractivity contribution < 1.29 is 43.3 Å². The number of aliphatic carboxylic acids is 1. The molecule has 3 fully saturated rings. The predicted octanol–water partition coefficient (Wildman–Crippen LogP) is 5.21. The highest BCUT2D eigenvalue weighted by Crippen LogP contribution is 2.45. The van der Waals surface area contributed by atoms with E-state index < -0.39 is 58.9 Å². The Kier molecular flexibility index (Phi) is 11.1. The Hall–Kier alpha value is -5.25. The van der Waals surface area contributed by atoms with Gasteiger partial charge in [-0.15, -0.1) is 17.9 Å². The van der Waals surface area contributed by atoms with Crippen molar-refractivity contribution >= 4 is 57.2 Å². The molecule has 2 aromatic heterocycles. The first kappa shape index (κ1) is 39.4. The van der Waals surface area contributed by atoms with Gasteiger partial charge in [-0.05, 0) is 62.1 Å². The average molecular weight is 777 g/mol. The van der Waals surface area contributed by atoms with Crippen LogP contribution in [0.2, 0.25) is 0 Å². The summed E-state index contributed by atoms with van der Waals surface area (Å²) in [5, 5.41) is 21.0. The van der Waals surface area contributed by atoms with Crippen molar-refractivity contribution in [2.24, 2.45) is 11.3 Å². The number of hydrogen-bond acceptors (Lipinski definition) is 11. The van der Waals surface area contributed by atoms with E-state index in [1.54, 1.807) is 45.4 Å². The molecule has 55 heavy (non-hydrogen) atoms. The zero-order valence-electron chi connectivity index (χ0n) is 31.9. The number of likely N-dealkylation sites (tertiary alicyclic amines) is 1. The van der Waals surface area contributed by atoms with E-state index in [1.165, 1.54) is 29.2 Å². The number of rotatable bonds is 12. The fraction of sp³-hybridized carbons (Fsp3) is 0.513. The number of benzene rings is 1. The maximum atomic E-state index is 14.6. The van der Waals surface area contributed by atoms with Gasteiger partial charge in [-0.1, -0.05) is 26.8 Å². The Morgan fingerprint density at radius 2 is 1.80 bits per heavy atom. The van der Waals surface area contributed by atoms with Gasteiger partial charge in [0, 0.05) is 36.1 Å². The van der Waals surface area contributed by atoms with Crippen molar-refractivity contribution in [1.82, 2.24) is 25.5 Å². The highest BCUT2D eigenvalue weighted by molar-refractivity contribution is 7.14. The van der Waals surface area contributed by atoms with E-state index in [0.29, 0.717) is 38.9 Å². The number of nitrogens with one attached hydrogen (secondary N) is 3. The van der Waals surface area contributed by atoms with Crippen LogP contribution in [0, 0.1) is 18.3 Å². The van der Waals surface area contributed by atoms with E-state index in [2.05, 4.69) is 27.5 Å². The Bertz CT molecular complexity index is 2020. The zero-order valence-corrected chi connectivity index (χ0v) is 32.7. The topological polar surface area (TPSA) is 198 Å². The summed E-state index contributed by atoms with van der Waals surface area (Å²) in [6, 6.07) is 3.14. The zero-order chi connectivity index (χ0) is 39.8. The molecule has 15 nitrogen and oxygen atoms in total. The number of pyridine rings is 1. The summed E-state index contributed by atoms with van der Waals surface area (Å²) < 4.78 is 17.9. The smallest absolute Gasteiger partial charge is 0.408 e. The fourth-order valence-electron chi connectivity index (χ4n) is 7.37. The van der Waals surface area contributed by atoms with Gasteiger partial charge in [-0.2, -0.15) is 0 Å². The Labute approximate surface area is 323 Å². The first-order valence-electron chi connectivity index (χ1n) is 18.4. The molecule has 4 amide bonds. The maximum Gasteiger partial charge on any atom is 0.408 e. The summed E-state index contributed by atoms with van der Waals surface area (Å²) in [7, 11) is 1.56. The molecule has 294 valence electrons. The molecule has 2 aliphatic carbocycles. The molecule has 4 N–H and O–H groups in total. The minimum Gasteiger partial charge on any atom is -0.496 e. The molecule has 16 heteroatoms. The second kappa shape index (κ2) is 15.5. The Balaban J connectivity index is 1.35. The van der Waals surface area contributed by atoms with Crippen molar-refractivity contribution in [2.75, 3.05) is 19.0 Å². The molecule has 5 atom stereocenters. The van der Waals surface area contributed by atoms with Gasteiger partial charge in [-0.25, -0.2) is 19.6 Å². The lowest BCUT2D eigenvalue weighted by Crippen LogP contribution is -2.59. The van der Waals surface area contributed by atoms with E-state index in [9.17, 15) is 29.1 Å². The van der Waals surface area contributed by atoms with Crippen LogP contribution in [0.3, 0.4) is 0 Å². The third-order valence-electron chi connectivity index (χ3n) is 10.5. The molecule has 0 unspecified atom stereocenters. The summed E-state index contributed by atoms with van der Waals surface area (Å²) >= 11 is 1.24. The summed E-state index contributed by atoms with van der Waals surface area (Å²) in [4.78, 5) is 76.6. The lowest BCUT2D eigenvalue weighted by atomic mass is 9.85. The summed E-state index contributed by atoms with van der Waals surface area (Å²) in [5.74, 6) is -2.14. The molecule has 1 saturated heterocycles. The largest absolute Gasteiger partial charge is 0.496 e. The quantitative estimate of drug-likeness (QED) is 0.176. The fourth-order valence-corrected chi connectivity index (χ4v) is 8.12. The van der Waals surface area contributed by atoms with Crippen LogP contribution in [0.1, 0.15) is 71.8 Å². The number of aromatic nitrogens is 2. The van der Waals surface area contributed by atoms with Crippen molar-refractivity contribution in [3.05, 3.63) is 41.8 Å². The minimum absolute atomic E-state index is 0.0148. The van der Waals surface area contributed by atoms with Crippen LogP contribution in [-0.4, -0.2) is 93.2 Å². The number of methoxy groups -OCH3 is 1. The molecule has 3 aromatic rings. The van der Waals surface area contributed by atoms with Gasteiger partial charge >= 0.3 is 12.1 Å². The van der Waals surface area contributed by atoms with E-state index in [-0.39, 0.29) is 31.4 Å². The molecule has 3 aliphatic rings. The summed E-state index contributed by atoms with van der Waals surface area (Å²) in [5.41, 5.74) is 0.0315. The number of amides is 4. The number of aryl methyl sites for hydroxylation is 1. The van der Waals surface area contributed by atoms with Crippen molar-refractivity contribution in [3.63, 3.8) is 0 Å². The van der Waals surface area contributed by atoms with E-state index in [0.717, 1.165) is 31.2 Å². The van der Waals surface area contributed by atoms with Crippen molar-refractivity contribution in [1.29, 1.82) is 0 Å². The second-order valence-corrected chi connectivity index (χ2v) is 16.5. The monoisotopic (exact) mass is 776 g/mol. The van der Waals surface area contributed by atoms with E-state index >= 15 is 0 Å². The first-order valence-corrected chi connectivity index (χ1v) is 19.3. The maximum absolute atomic E-state index is 14.6. The van der Waals surface area contributed by atoms with Gasteiger partial charge in [0.15, 0.2) is 5.13 Å². The summed E-state index contributed by atoms with van der Waals surface area (Å²) in [6.45, 7) is 12.4. The van der Waals surface area contributed by atoms with Crippen LogP contribution in [0.5, 0.6) is 11.5 Å². The average Bonchev–Trinajstić information content (AvgIpc) is 3.52. The molecule has 1 aromatic carbocycles. The SMILES string of the molecule is C=C[C@@H]1C[C@]1(NC(=O)[C@@H]1C[C@@H](Oc2cc(-c3csc(NC(C)=O)n3)nc3cc(C)c(OC)cc23)CN1C(=O)[C@@H](NC(=O)OC1CCCC1)C(C)(C)C)C(=O)O. The molecule has 2 saturated carbocycles. The third kappa shape index (κ3) is 8.38. The number of carbonyl (C=O) groups excluding carboxylic acids is 4. The van der Waals surface area contributed by atoms with Crippen LogP contribution >= 0.6 is 11.3 Å². The highest BCUT2D eigenvalue weighted by Gasteiger charge is 2.61. The lowest BCUT2D eigenvalue weighted by molar-refractivity contribution is -0.146. The molecular formula is C39H48N6O9S. The van der Waals surface area contributed by atoms with E-state index in [1.807, 2.05) is 13.0 Å². The number of thiazole rings is 1. The Morgan fingerprint density at radius 1 is 1.07 bits per heavy atom. The molecule has 0 bridgehead atoms. The number of hydrogen-bond donors (Lipinski definition) is 4. The molecule has 6 rings (SSSR count). The van der Waals surface area contributed by atoms with Gasteiger partial charge in [-0.3, -0.25) is 14.4 Å². The number of carboxylic acid groups (broad SMARTS) is 1. The molecule has 1 aliphatic heterocycles. The van der Waals surface area contributed by atoms with Gasteiger partial charge < -0.3 is 40.2 Å². The van der Waals surface area contributed by atoms with Crippen LogP contribution in [0.25, 0.3) is 22.3 Å². The van der Waals surface area contributed by atoms with Gasteiger partial charge in [0.25, 0.3) is 0 Å². The van der Waals surface area contributed by atoms with Crippen LogP contribution < -0.4 is 25.4 Å². The lowest BCUT2D eigenvalue weighted by Gasteiger charge is -2.35. The standard InChI is InChI=1S/C39H48N6O9S/c1-8-22-17-39(22,35(49)50)44-33(47)29-14-24(18-45(29)34(48)32(38(4,5)6)43-37(51)54-23-11-9-10-12-23)53-31-16-27(28-19-55-36(42-28)40-21(3)46)41-26-13-20(2)30(52-7)15-25(26)31/h8,13,15-16,19,22-24,29,32H,1,9-12,14,17-18H2,2-7H3,(H,43,51)(H,44,47)(H,49,50)(H,40,42,46)/t22-,24-,29+,32-,39-/m1/s1. The van der Waals surface area contributed by atoms with E-state index in [4.69, 9.17) is 19.2 Å². The number of ether oxygens (including phenoxy) is 3. The van der Waals surface area contributed by atoms with Crippen molar-refractivity contribution in [3.8, 4) is 22.9 Å². The normalized spacial score (nSPS) is 22.8. The van der Waals surface area contributed by atoms with Gasteiger partial charge in [0.1, 0.15) is 47.0 Å². The number of alkyl carbamates (subject to hydrolysis) is 1. The number of fused-ring (bicyclic) bond motifs is 1. The third-order valence-corrected chi connectivity index (χ3v) is 11.2. The first-order chi connectivity index (χ1) is 26.0. The second-order valence-electron chi connectivity index (χ2n) is 15.6. The number of carboxylic acids is 1. The molecule has 0 spiro atoms. The van der Waals surface area contributed by atoms with Crippen LogP contribution in [0.4, 0.5) is 9.93 Å². The molecular weight excluding hydrogens is 729 g/mol. The highest BCUT2D eigenvalue weighted by atomic mass is 32.1. The number of nitrogens with zero attached hydrogens (tertiary/aromatic N) is 3. The van der Waals surface area contributed by atoms with Crippen LogP contribution in [0.15, 0.2) is 36.2 Å². The van der Waals surface area contributed by atoms with Gasteiger partial charge in [0.05, 0.1) is 24.9 Å². The summed E-state index contributed by atoms with van der Waals surface area (Å²) in [6.07, 6.45) is 3.40. The van der Waals surface area contributed by atoms with Gasteiger partial charge in [0.2, 0.25) is 17.7 Å².